The summed E-state index contributed by atoms with van der Waals surface area (Å²) in [6.07, 6.45) is 97.7. The number of hydrogen-bond donors (Lipinski definition) is 0. The van der Waals surface area contributed by atoms with Gasteiger partial charge in [0.15, 0.2) is 6.10 Å². The molecule has 0 heterocycles. The van der Waals surface area contributed by atoms with Crippen LogP contribution in [0.3, 0.4) is 0 Å². The first-order valence-electron chi connectivity index (χ1n) is 34.2. The van der Waals surface area contributed by atoms with Gasteiger partial charge in [-0.25, -0.2) is 0 Å². The van der Waals surface area contributed by atoms with Crippen molar-refractivity contribution in [3.8, 4) is 0 Å². The first-order valence-corrected chi connectivity index (χ1v) is 34.2. The Bertz CT molecular complexity index is 1730. The van der Waals surface area contributed by atoms with E-state index >= 15 is 0 Å². The normalized spacial score (nSPS) is 13.0. The summed E-state index contributed by atoms with van der Waals surface area (Å²) in [5.74, 6) is -0.919. The maximum Gasteiger partial charge on any atom is 0.306 e. The molecule has 0 rings (SSSR count). The molecule has 0 aliphatic carbocycles. The molecule has 1 atom stereocenters. The van der Waals surface area contributed by atoms with Crippen molar-refractivity contribution in [2.45, 2.75) is 316 Å². The number of ether oxygens (including phenoxy) is 3. The number of unbranched alkanes of at least 4 members (excludes halogenated alkanes) is 28. The van der Waals surface area contributed by atoms with Crippen molar-refractivity contribution in [1.29, 1.82) is 0 Å². The maximum absolute atomic E-state index is 12.9. The van der Waals surface area contributed by atoms with Crippen molar-refractivity contribution in [2.24, 2.45) is 0 Å². The molecule has 6 nitrogen and oxygen atoms in total. The molecule has 0 bridgehead atoms. The van der Waals surface area contributed by atoms with Gasteiger partial charge in [0, 0.05) is 19.3 Å². The second-order valence-corrected chi connectivity index (χ2v) is 22.3. The van der Waals surface area contributed by atoms with E-state index in [1.54, 1.807) is 0 Å². The van der Waals surface area contributed by atoms with Gasteiger partial charge in [0.05, 0.1) is 0 Å². The number of allylic oxidation sites excluding steroid dienone is 22. The highest BCUT2D eigenvalue weighted by atomic mass is 16.6. The minimum absolute atomic E-state index is 0.0912. The molecule has 0 aromatic heterocycles. The molecule has 0 amide bonds. The van der Waals surface area contributed by atoms with E-state index in [0.717, 1.165) is 141 Å². The van der Waals surface area contributed by atoms with Gasteiger partial charge in [-0.1, -0.05) is 289 Å². The van der Waals surface area contributed by atoms with Crippen LogP contribution in [-0.4, -0.2) is 37.2 Å². The Morgan fingerprint density at radius 1 is 0.256 bits per heavy atom. The third-order valence-electron chi connectivity index (χ3n) is 14.4. The van der Waals surface area contributed by atoms with Crippen molar-refractivity contribution >= 4 is 17.9 Å². The van der Waals surface area contributed by atoms with Crippen LogP contribution in [0.5, 0.6) is 0 Å². The monoisotopic (exact) mass is 1130 g/mol. The lowest BCUT2D eigenvalue weighted by Gasteiger charge is -2.18. The van der Waals surface area contributed by atoms with Crippen LogP contribution in [-0.2, 0) is 28.6 Å². The topological polar surface area (TPSA) is 78.9 Å². The van der Waals surface area contributed by atoms with Gasteiger partial charge in [0.2, 0.25) is 0 Å². The fourth-order valence-corrected chi connectivity index (χ4v) is 9.32. The zero-order chi connectivity index (χ0) is 59.2. The van der Waals surface area contributed by atoms with Gasteiger partial charge in [-0.15, -0.1) is 0 Å². The summed E-state index contributed by atoms with van der Waals surface area (Å²) in [7, 11) is 0. The van der Waals surface area contributed by atoms with Crippen LogP contribution in [0.1, 0.15) is 310 Å². The van der Waals surface area contributed by atoms with Crippen molar-refractivity contribution in [2.75, 3.05) is 13.2 Å². The molecule has 0 radical (unpaired) electrons. The van der Waals surface area contributed by atoms with Crippen molar-refractivity contribution in [3.63, 3.8) is 0 Å². The van der Waals surface area contributed by atoms with Crippen molar-refractivity contribution < 1.29 is 28.6 Å². The molecule has 466 valence electrons. The summed E-state index contributed by atoms with van der Waals surface area (Å²) in [6.45, 7) is 6.37. The standard InChI is InChI=1S/C76H126O6/c1-4-7-10-13-16-19-22-25-27-29-30-31-32-33-34-35-36-37-38-39-40-41-42-43-44-45-46-48-49-51-54-57-60-63-66-69-75(78)81-72-73(71-80-74(77)68-65-62-59-56-53-24-21-18-15-12-9-6-3)82-76(79)70-67-64-61-58-55-52-50-47-28-26-23-20-17-14-11-8-5-2/h7-8,10-11,16-21,25-28,30-31,33-34,36-37,50,52,73H,4-6,9,12-15,22-24,29,32,35,38-49,51,53-72H2,1-3H3/b10-7-,11-8-,19-16-,20-17-,21-18-,27-25-,28-26-,31-30-,34-33-,37-36-,52-50-. The molecule has 0 fully saturated rings. The zero-order valence-electron chi connectivity index (χ0n) is 53.5. The second kappa shape index (κ2) is 69.0. The van der Waals surface area contributed by atoms with Gasteiger partial charge in [0.25, 0.3) is 0 Å². The number of rotatable bonds is 61. The highest BCUT2D eigenvalue weighted by molar-refractivity contribution is 5.71. The molecule has 0 saturated heterocycles. The van der Waals surface area contributed by atoms with Gasteiger partial charge >= 0.3 is 17.9 Å². The Morgan fingerprint density at radius 2 is 0.476 bits per heavy atom. The number of carbonyl (C=O) groups is 3. The van der Waals surface area contributed by atoms with E-state index in [1.807, 2.05) is 0 Å². The van der Waals surface area contributed by atoms with Crippen LogP contribution < -0.4 is 0 Å². The van der Waals surface area contributed by atoms with Gasteiger partial charge in [-0.2, -0.15) is 0 Å². The van der Waals surface area contributed by atoms with Gasteiger partial charge in [0.1, 0.15) is 13.2 Å². The predicted molar refractivity (Wildman–Crippen MR) is 357 cm³/mol. The zero-order valence-corrected chi connectivity index (χ0v) is 53.5. The molecule has 0 aliphatic heterocycles. The van der Waals surface area contributed by atoms with Gasteiger partial charge in [-0.05, 0) is 135 Å². The lowest BCUT2D eigenvalue weighted by atomic mass is 10.0. The summed E-state index contributed by atoms with van der Waals surface area (Å²) in [5, 5.41) is 0. The van der Waals surface area contributed by atoms with Crippen LogP contribution in [0.4, 0.5) is 0 Å². The second-order valence-electron chi connectivity index (χ2n) is 22.3. The largest absolute Gasteiger partial charge is 0.462 e. The van der Waals surface area contributed by atoms with E-state index in [0.29, 0.717) is 19.3 Å². The lowest BCUT2D eigenvalue weighted by molar-refractivity contribution is -0.167. The number of carbonyl (C=O) groups excluding carboxylic acids is 3. The minimum atomic E-state index is -0.797. The van der Waals surface area contributed by atoms with Crippen LogP contribution in [0.15, 0.2) is 134 Å². The Morgan fingerprint density at radius 3 is 0.756 bits per heavy atom. The van der Waals surface area contributed by atoms with E-state index in [1.165, 1.54) is 128 Å². The smallest absolute Gasteiger partial charge is 0.306 e. The average molecular weight is 1140 g/mol. The fraction of sp³-hybridized carbons (Fsp3) is 0.671. The van der Waals surface area contributed by atoms with Crippen LogP contribution in [0, 0.1) is 0 Å². The lowest BCUT2D eigenvalue weighted by Crippen LogP contribution is -2.30. The van der Waals surface area contributed by atoms with Gasteiger partial charge < -0.3 is 14.2 Å². The summed E-state index contributed by atoms with van der Waals surface area (Å²) < 4.78 is 16.9. The molecule has 0 saturated carbocycles. The van der Waals surface area contributed by atoms with E-state index in [9.17, 15) is 14.4 Å². The van der Waals surface area contributed by atoms with Crippen molar-refractivity contribution in [3.05, 3.63) is 134 Å². The summed E-state index contributed by atoms with van der Waals surface area (Å²) >= 11 is 0. The average Bonchev–Trinajstić information content (AvgIpc) is 3.47. The highest BCUT2D eigenvalue weighted by Crippen LogP contribution is 2.16. The van der Waals surface area contributed by atoms with E-state index in [4.69, 9.17) is 14.2 Å². The third kappa shape index (κ3) is 66.4. The molecule has 0 spiro atoms. The first kappa shape index (κ1) is 77.5. The van der Waals surface area contributed by atoms with Crippen LogP contribution in [0.25, 0.3) is 0 Å². The minimum Gasteiger partial charge on any atom is -0.462 e. The van der Waals surface area contributed by atoms with Crippen LogP contribution in [0.2, 0.25) is 0 Å². The third-order valence-corrected chi connectivity index (χ3v) is 14.4. The predicted octanol–water partition coefficient (Wildman–Crippen LogP) is 23.7. The Kier molecular flexibility index (Phi) is 65.3. The Hall–Kier alpha value is -4.45. The molecule has 0 aromatic rings. The number of esters is 3. The summed E-state index contributed by atoms with van der Waals surface area (Å²) in [4.78, 5) is 38.3. The Labute approximate surface area is 506 Å². The van der Waals surface area contributed by atoms with Crippen molar-refractivity contribution in [1.82, 2.24) is 0 Å². The quantitative estimate of drug-likeness (QED) is 0.0261. The summed E-state index contributed by atoms with van der Waals surface area (Å²) in [6, 6.07) is 0. The van der Waals surface area contributed by atoms with Gasteiger partial charge in [-0.3, -0.25) is 14.4 Å². The summed E-state index contributed by atoms with van der Waals surface area (Å²) in [5.41, 5.74) is 0. The van der Waals surface area contributed by atoms with E-state index < -0.39 is 6.10 Å². The molecule has 0 aliphatic rings. The molecule has 6 heteroatoms. The SMILES string of the molecule is CC/C=C\C/C=C\C/C=C\C/C=C\C/C=C\C/C=C\CCCCCCCCCCCCCCCCCCC(=O)OCC(COC(=O)CCCCCCC/C=C\CCCCC)OC(=O)CCCCCC/C=C\C/C=C\C/C=C\C/C=C\CC. The molecule has 1 unspecified atom stereocenters. The molecular weight excluding hydrogens is 1010 g/mol. The first-order chi connectivity index (χ1) is 40.5. The number of hydrogen-bond acceptors (Lipinski definition) is 6. The molecule has 0 aromatic carbocycles. The highest BCUT2D eigenvalue weighted by Gasteiger charge is 2.19. The fourth-order valence-electron chi connectivity index (χ4n) is 9.32. The maximum atomic E-state index is 12.9. The van der Waals surface area contributed by atoms with E-state index in [2.05, 4.69) is 154 Å². The molecule has 0 N–H and O–H groups in total. The van der Waals surface area contributed by atoms with Crippen LogP contribution >= 0.6 is 0 Å². The molecule has 82 heavy (non-hydrogen) atoms. The Balaban J connectivity index is 4.18. The van der Waals surface area contributed by atoms with E-state index in [-0.39, 0.29) is 31.1 Å². The molecular formula is C76H126O6.